The molecule has 2 aromatic carbocycles. The summed E-state index contributed by atoms with van der Waals surface area (Å²) in [6.07, 6.45) is 0. The lowest BCUT2D eigenvalue weighted by atomic mass is 10.0. The third kappa shape index (κ3) is 2.16. The maximum atomic E-state index is 13.3. The van der Waals surface area contributed by atoms with E-state index >= 15 is 0 Å². The molecule has 0 saturated heterocycles. The number of nitrogens with two attached hydrogens (primary N) is 1. The van der Waals surface area contributed by atoms with E-state index in [1.165, 1.54) is 16.2 Å². The van der Waals surface area contributed by atoms with Crippen LogP contribution in [0.4, 0.5) is 4.39 Å². The van der Waals surface area contributed by atoms with Crippen molar-refractivity contribution < 1.29 is 4.39 Å². The largest absolute Gasteiger partial charge is 0.320 e. The minimum atomic E-state index is -0.203. The Balaban J connectivity index is 1.83. The lowest BCUT2D eigenvalue weighted by Crippen LogP contribution is -2.09. The van der Waals surface area contributed by atoms with Crippen LogP contribution in [0.3, 0.4) is 0 Å². The molecule has 2 heterocycles. The number of hydrogen-bond acceptors (Lipinski definition) is 3. The zero-order valence-electron chi connectivity index (χ0n) is 11.0. The Bertz CT molecular complexity index is 938. The summed E-state index contributed by atoms with van der Waals surface area (Å²) in [6, 6.07) is 15.1. The van der Waals surface area contributed by atoms with Crippen LogP contribution < -0.4 is 5.73 Å². The molecule has 4 rings (SSSR count). The molecule has 2 aromatic heterocycles. The van der Waals surface area contributed by atoms with E-state index in [-0.39, 0.29) is 11.9 Å². The first-order valence-electron chi connectivity index (χ1n) is 6.63. The number of rotatable bonds is 2. The second-order valence-corrected chi connectivity index (χ2v) is 7.02. The van der Waals surface area contributed by atoms with Crippen molar-refractivity contribution in [3.8, 4) is 0 Å². The quantitative estimate of drug-likeness (QED) is 0.533. The Kier molecular flexibility index (Phi) is 3.03. The molecule has 0 spiro atoms. The average Bonchev–Trinajstić information content (AvgIpc) is 3.09. The first-order valence-corrected chi connectivity index (χ1v) is 8.33. The van der Waals surface area contributed by atoms with Gasteiger partial charge in [-0.3, -0.25) is 0 Å². The summed E-state index contributed by atoms with van der Waals surface area (Å²) < 4.78 is 15.5. The van der Waals surface area contributed by atoms with Gasteiger partial charge in [0.1, 0.15) is 5.82 Å². The van der Waals surface area contributed by atoms with Crippen molar-refractivity contribution in [2.75, 3.05) is 0 Å². The highest BCUT2D eigenvalue weighted by molar-refractivity contribution is 7.19. The van der Waals surface area contributed by atoms with Gasteiger partial charge in [-0.2, -0.15) is 0 Å². The lowest BCUT2D eigenvalue weighted by molar-refractivity contribution is 0.630. The molecule has 0 aliphatic heterocycles. The molecule has 0 bridgehead atoms. The first-order chi connectivity index (χ1) is 10.2. The fourth-order valence-corrected chi connectivity index (χ4v) is 4.68. The van der Waals surface area contributed by atoms with Crippen LogP contribution in [0.5, 0.6) is 0 Å². The van der Waals surface area contributed by atoms with Crippen molar-refractivity contribution in [3.63, 3.8) is 0 Å². The van der Waals surface area contributed by atoms with Crippen molar-refractivity contribution in [2.45, 2.75) is 6.04 Å². The summed E-state index contributed by atoms with van der Waals surface area (Å²) in [5.74, 6) is -0.203. The van der Waals surface area contributed by atoms with Gasteiger partial charge in [0.25, 0.3) is 0 Å². The van der Waals surface area contributed by atoms with Crippen LogP contribution >= 0.6 is 22.7 Å². The van der Waals surface area contributed by atoms with Crippen molar-refractivity contribution in [3.05, 3.63) is 70.2 Å². The van der Waals surface area contributed by atoms with Crippen LogP contribution in [-0.4, -0.2) is 0 Å². The zero-order chi connectivity index (χ0) is 14.4. The summed E-state index contributed by atoms with van der Waals surface area (Å²) >= 11 is 3.28. The summed E-state index contributed by atoms with van der Waals surface area (Å²) in [7, 11) is 0. The van der Waals surface area contributed by atoms with E-state index in [0.29, 0.717) is 0 Å². The minimum Gasteiger partial charge on any atom is -0.320 e. The Hall–Kier alpha value is -1.75. The van der Waals surface area contributed by atoms with Crippen LogP contribution in [0.1, 0.15) is 16.5 Å². The molecule has 2 N–H and O–H groups in total. The highest BCUT2D eigenvalue weighted by Crippen LogP contribution is 2.37. The molecule has 0 aliphatic carbocycles. The van der Waals surface area contributed by atoms with Crippen LogP contribution in [0.25, 0.3) is 20.2 Å². The molecule has 0 fully saturated rings. The van der Waals surface area contributed by atoms with E-state index in [4.69, 9.17) is 5.73 Å². The van der Waals surface area contributed by atoms with Gasteiger partial charge in [0.2, 0.25) is 0 Å². The van der Waals surface area contributed by atoms with Gasteiger partial charge in [-0.25, -0.2) is 4.39 Å². The number of benzene rings is 2. The van der Waals surface area contributed by atoms with E-state index in [9.17, 15) is 4.39 Å². The molecule has 0 saturated carbocycles. The molecule has 21 heavy (non-hydrogen) atoms. The van der Waals surface area contributed by atoms with Crippen molar-refractivity contribution >= 4 is 42.8 Å². The molecule has 0 aliphatic rings. The predicted octanol–water partition coefficient (Wildman–Crippen LogP) is 5.30. The van der Waals surface area contributed by atoms with Crippen LogP contribution in [-0.2, 0) is 0 Å². The topological polar surface area (TPSA) is 26.0 Å². The van der Waals surface area contributed by atoms with Gasteiger partial charge in [-0.1, -0.05) is 24.3 Å². The smallest absolute Gasteiger partial charge is 0.124 e. The molecule has 4 aromatic rings. The van der Waals surface area contributed by atoms with E-state index in [0.717, 1.165) is 20.5 Å². The van der Waals surface area contributed by atoms with Gasteiger partial charge < -0.3 is 5.73 Å². The zero-order valence-corrected chi connectivity index (χ0v) is 12.7. The number of thiophene rings is 2. The van der Waals surface area contributed by atoms with E-state index in [1.807, 2.05) is 18.2 Å². The van der Waals surface area contributed by atoms with Gasteiger partial charge in [0.15, 0.2) is 0 Å². The maximum absolute atomic E-state index is 13.3. The molecule has 0 radical (unpaired) electrons. The summed E-state index contributed by atoms with van der Waals surface area (Å²) in [4.78, 5) is 1.07. The number of hydrogen-bond donors (Lipinski definition) is 1. The second-order valence-electron chi connectivity index (χ2n) is 5.00. The fourth-order valence-electron chi connectivity index (χ4n) is 2.57. The Morgan fingerprint density at radius 2 is 1.86 bits per heavy atom. The molecule has 104 valence electrons. The highest BCUT2D eigenvalue weighted by Gasteiger charge is 2.16. The van der Waals surface area contributed by atoms with E-state index in [1.54, 1.807) is 28.7 Å². The molecule has 0 amide bonds. The molecule has 1 atom stereocenters. The van der Waals surface area contributed by atoms with Gasteiger partial charge in [0.05, 0.1) is 6.04 Å². The third-order valence-electron chi connectivity index (χ3n) is 3.65. The van der Waals surface area contributed by atoms with Crippen molar-refractivity contribution in [1.29, 1.82) is 0 Å². The molecule has 1 nitrogen and oxygen atoms in total. The van der Waals surface area contributed by atoms with E-state index in [2.05, 4.69) is 23.6 Å². The maximum Gasteiger partial charge on any atom is 0.124 e. The number of fused-ring (bicyclic) bond motifs is 2. The van der Waals surface area contributed by atoms with Gasteiger partial charge in [-0.15, -0.1) is 22.7 Å². The van der Waals surface area contributed by atoms with E-state index < -0.39 is 0 Å². The van der Waals surface area contributed by atoms with Crippen LogP contribution in [0, 0.1) is 5.82 Å². The molecule has 1 unspecified atom stereocenters. The average molecular weight is 313 g/mol. The number of halogens is 1. The van der Waals surface area contributed by atoms with Crippen molar-refractivity contribution in [2.24, 2.45) is 5.73 Å². The fraction of sp³-hybridized carbons (Fsp3) is 0.0588. The van der Waals surface area contributed by atoms with Gasteiger partial charge >= 0.3 is 0 Å². The summed E-state index contributed by atoms with van der Waals surface area (Å²) in [5.41, 5.74) is 7.59. The third-order valence-corrected chi connectivity index (χ3v) is 5.82. The Morgan fingerprint density at radius 1 is 1.00 bits per heavy atom. The van der Waals surface area contributed by atoms with Gasteiger partial charge in [0, 0.05) is 14.3 Å². The highest BCUT2D eigenvalue weighted by atomic mass is 32.1. The monoisotopic (exact) mass is 313 g/mol. The lowest BCUT2D eigenvalue weighted by Gasteiger charge is -2.08. The molecular weight excluding hydrogens is 301 g/mol. The Morgan fingerprint density at radius 3 is 2.76 bits per heavy atom. The SMILES string of the molecule is NC(c1cc2ccc(F)cc2s1)c1csc2ccccc12. The Labute approximate surface area is 129 Å². The summed E-state index contributed by atoms with van der Waals surface area (Å²) in [5, 5.41) is 4.38. The molecule has 4 heteroatoms. The second kappa shape index (κ2) is 4.91. The molecular formula is C17H12FNS2. The predicted molar refractivity (Wildman–Crippen MR) is 89.6 cm³/mol. The minimum absolute atomic E-state index is 0.165. The van der Waals surface area contributed by atoms with Crippen molar-refractivity contribution in [1.82, 2.24) is 0 Å². The normalized spacial score (nSPS) is 13.0. The van der Waals surface area contributed by atoms with Gasteiger partial charge in [-0.05, 0) is 46.0 Å². The standard InChI is InChI=1S/C17H12FNS2/c18-11-6-5-10-7-16(21-15(10)8-11)17(19)13-9-20-14-4-2-1-3-12(13)14/h1-9,17H,19H2. The first kappa shape index (κ1) is 13.0. The summed E-state index contributed by atoms with van der Waals surface area (Å²) in [6.45, 7) is 0. The van der Waals surface area contributed by atoms with Crippen LogP contribution in [0.2, 0.25) is 0 Å². The van der Waals surface area contributed by atoms with Crippen LogP contribution in [0.15, 0.2) is 53.9 Å².